The molecule has 0 bridgehead atoms. The molecule has 0 heterocycles. The van der Waals surface area contributed by atoms with Gasteiger partial charge in [0.2, 0.25) is 0 Å². The quantitative estimate of drug-likeness (QED) is 0.648. The smallest absolute Gasteiger partial charge is 0.407 e. The van der Waals surface area contributed by atoms with E-state index in [-0.39, 0.29) is 12.2 Å². The molecule has 0 saturated heterocycles. The highest BCUT2D eigenvalue weighted by Crippen LogP contribution is 1.92. The molecule has 0 radical (unpaired) electrons. The van der Waals surface area contributed by atoms with Crippen LogP contribution in [0.15, 0.2) is 0 Å². The van der Waals surface area contributed by atoms with Crippen molar-refractivity contribution in [2.45, 2.75) is 46.1 Å². The first kappa shape index (κ1) is 11.3. The van der Waals surface area contributed by atoms with Gasteiger partial charge in [0.1, 0.15) is 0 Å². The van der Waals surface area contributed by atoms with Gasteiger partial charge in [-0.15, -0.1) is 0 Å². The van der Waals surface area contributed by atoms with Gasteiger partial charge in [0.05, 0.1) is 6.10 Å². The summed E-state index contributed by atoms with van der Waals surface area (Å²) in [6, 6.07) is 0. The lowest BCUT2D eigenvalue weighted by Crippen LogP contribution is -2.27. The highest BCUT2D eigenvalue weighted by atomic mass is 16.6. The minimum Gasteiger partial charge on any atom is -0.447 e. The fourth-order valence-electron chi connectivity index (χ4n) is 0.821. The Bertz CT molecular complexity index is 124. The zero-order valence-electron chi connectivity index (χ0n) is 8.22. The SMILES string of the molecule is CCCCCNC(=O)OC(C)C. The molecule has 0 aromatic heterocycles. The Kier molecular flexibility index (Phi) is 6.53. The van der Waals surface area contributed by atoms with Crippen molar-refractivity contribution >= 4 is 6.09 Å². The number of unbranched alkanes of at least 4 members (excludes halogenated alkanes) is 2. The van der Waals surface area contributed by atoms with Crippen molar-refractivity contribution in [2.24, 2.45) is 0 Å². The first-order chi connectivity index (χ1) is 5.66. The van der Waals surface area contributed by atoms with Crippen LogP contribution < -0.4 is 5.32 Å². The van der Waals surface area contributed by atoms with Crippen LogP contribution in [-0.4, -0.2) is 18.7 Å². The molecule has 12 heavy (non-hydrogen) atoms. The number of amides is 1. The number of alkyl carbamates (subject to hydrolysis) is 1. The van der Waals surface area contributed by atoms with Gasteiger partial charge in [0.15, 0.2) is 0 Å². The van der Waals surface area contributed by atoms with Gasteiger partial charge in [0.25, 0.3) is 0 Å². The summed E-state index contributed by atoms with van der Waals surface area (Å²) in [7, 11) is 0. The topological polar surface area (TPSA) is 38.3 Å². The Morgan fingerprint density at radius 3 is 2.58 bits per heavy atom. The lowest BCUT2D eigenvalue weighted by molar-refractivity contribution is 0.115. The fraction of sp³-hybridized carbons (Fsp3) is 0.889. The number of carbonyl (C=O) groups is 1. The van der Waals surface area contributed by atoms with Crippen molar-refractivity contribution in [3.05, 3.63) is 0 Å². The van der Waals surface area contributed by atoms with Gasteiger partial charge in [-0.1, -0.05) is 19.8 Å². The van der Waals surface area contributed by atoms with Crippen molar-refractivity contribution in [3.8, 4) is 0 Å². The van der Waals surface area contributed by atoms with E-state index in [0.717, 1.165) is 19.4 Å². The van der Waals surface area contributed by atoms with E-state index >= 15 is 0 Å². The predicted molar refractivity (Wildman–Crippen MR) is 49.1 cm³/mol. The molecule has 3 nitrogen and oxygen atoms in total. The zero-order chi connectivity index (χ0) is 9.40. The summed E-state index contributed by atoms with van der Waals surface area (Å²) in [4.78, 5) is 10.9. The first-order valence-corrected chi connectivity index (χ1v) is 4.61. The van der Waals surface area contributed by atoms with Crippen LogP contribution in [0.4, 0.5) is 4.79 Å². The van der Waals surface area contributed by atoms with E-state index in [0.29, 0.717) is 0 Å². The van der Waals surface area contributed by atoms with Gasteiger partial charge < -0.3 is 10.1 Å². The third kappa shape index (κ3) is 7.38. The summed E-state index contributed by atoms with van der Waals surface area (Å²) in [6.45, 7) is 6.53. The Hall–Kier alpha value is -0.730. The molecule has 0 rings (SSSR count). The van der Waals surface area contributed by atoms with E-state index < -0.39 is 0 Å². The maximum absolute atomic E-state index is 10.9. The van der Waals surface area contributed by atoms with E-state index in [1.54, 1.807) is 0 Å². The van der Waals surface area contributed by atoms with E-state index in [2.05, 4.69) is 12.2 Å². The molecule has 0 unspecified atom stereocenters. The number of hydrogen-bond donors (Lipinski definition) is 1. The molecule has 0 spiro atoms. The Balaban J connectivity index is 3.20. The third-order valence-electron chi connectivity index (χ3n) is 1.39. The van der Waals surface area contributed by atoms with E-state index in [1.165, 1.54) is 6.42 Å². The molecule has 1 N–H and O–H groups in total. The third-order valence-corrected chi connectivity index (χ3v) is 1.39. The lowest BCUT2D eigenvalue weighted by Gasteiger charge is -2.08. The summed E-state index contributed by atoms with van der Waals surface area (Å²) in [6.07, 6.45) is 3.02. The molecule has 0 aliphatic carbocycles. The van der Waals surface area contributed by atoms with E-state index in [4.69, 9.17) is 4.74 Å². The molecular formula is C9H19NO2. The van der Waals surface area contributed by atoms with Gasteiger partial charge in [-0.3, -0.25) is 0 Å². The van der Waals surface area contributed by atoms with Crippen LogP contribution in [0.2, 0.25) is 0 Å². The maximum atomic E-state index is 10.9. The minimum absolute atomic E-state index is 0.0313. The first-order valence-electron chi connectivity index (χ1n) is 4.61. The molecular weight excluding hydrogens is 154 g/mol. The second-order valence-corrected chi connectivity index (χ2v) is 3.09. The Labute approximate surface area is 74.5 Å². The molecule has 0 fully saturated rings. The fourth-order valence-corrected chi connectivity index (χ4v) is 0.821. The molecule has 0 aliphatic rings. The summed E-state index contributed by atoms with van der Waals surface area (Å²) in [5.41, 5.74) is 0. The normalized spacial score (nSPS) is 10.0. The summed E-state index contributed by atoms with van der Waals surface area (Å²) >= 11 is 0. The summed E-state index contributed by atoms with van der Waals surface area (Å²) in [5.74, 6) is 0. The highest BCUT2D eigenvalue weighted by molar-refractivity contribution is 5.67. The number of ether oxygens (including phenoxy) is 1. The molecule has 0 aromatic rings. The molecule has 0 aliphatic heterocycles. The van der Waals surface area contributed by atoms with Crippen LogP contribution in [0.1, 0.15) is 40.0 Å². The second kappa shape index (κ2) is 6.95. The van der Waals surface area contributed by atoms with Gasteiger partial charge >= 0.3 is 6.09 Å². The van der Waals surface area contributed by atoms with Crippen LogP contribution in [-0.2, 0) is 4.74 Å². The molecule has 72 valence electrons. The number of rotatable bonds is 5. The predicted octanol–water partition coefficient (Wildman–Crippen LogP) is 2.31. The molecule has 0 atom stereocenters. The van der Waals surface area contributed by atoms with Gasteiger partial charge in [0, 0.05) is 6.54 Å². The summed E-state index contributed by atoms with van der Waals surface area (Å²) < 4.78 is 4.88. The zero-order valence-corrected chi connectivity index (χ0v) is 8.22. The van der Waals surface area contributed by atoms with Gasteiger partial charge in [-0.05, 0) is 20.3 Å². The van der Waals surface area contributed by atoms with Crippen molar-refractivity contribution in [2.75, 3.05) is 6.54 Å². The maximum Gasteiger partial charge on any atom is 0.407 e. The van der Waals surface area contributed by atoms with E-state index in [9.17, 15) is 4.79 Å². The Morgan fingerprint density at radius 1 is 1.42 bits per heavy atom. The van der Waals surface area contributed by atoms with Crippen molar-refractivity contribution in [1.29, 1.82) is 0 Å². The van der Waals surface area contributed by atoms with Gasteiger partial charge in [-0.25, -0.2) is 4.79 Å². The summed E-state index contributed by atoms with van der Waals surface area (Å²) in [5, 5.41) is 2.69. The lowest BCUT2D eigenvalue weighted by atomic mass is 10.2. The van der Waals surface area contributed by atoms with Crippen LogP contribution >= 0.6 is 0 Å². The van der Waals surface area contributed by atoms with Gasteiger partial charge in [-0.2, -0.15) is 0 Å². The molecule has 1 amide bonds. The number of hydrogen-bond acceptors (Lipinski definition) is 2. The second-order valence-electron chi connectivity index (χ2n) is 3.09. The molecule has 0 saturated carbocycles. The van der Waals surface area contributed by atoms with E-state index in [1.807, 2.05) is 13.8 Å². The van der Waals surface area contributed by atoms with Crippen LogP contribution in [0.5, 0.6) is 0 Å². The standard InChI is InChI=1S/C9H19NO2/c1-4-5-6-7-10-9(11)12-8(2)3/h8H,4-7H2,1-3H3,(H,10,11). The minimum atomic E-state index is -0.305. The molecule has 0 aromatic carbocycles. The van der Waals surface area contributed by atoms with Crippen LogP contribution in [0.3, 0.4) is 0 Å². The van der Waals surface area contributed by atoms with Crippen molar-refractivity contribution in [3.63, 3.8) is 0 Å². The molecule has 3 heteroatoms. The Morgan fingerprint density at radius 2 is 2.08 bits per heavy atom. The van der Waals surface area contributed by atoms with Crippen molar-refractivity contribution in [1.82, 2.24) is 5.32 Å². The van der Waals surface area contributed by atoms with Crippen LogP contribution in [0, 0.1) is 0 Å². The average molecular weight is 173 g/mol. The van der Waals surface area contributed by atoms with Crippen molar-refractivity contribution < 1.29 is 9.53 Å². The average Bonchev–Trinajstić information content (AvgIpc) is 1.97. The van der Waals surface area contributed by atoms with Crippen LogP contribution in [0.25, 0.3) is 0 Å². The largest absolute Gasteiger partial charge is 0.447 e. The number of carbonyl (C=O) groups excluding carboxylic acids is 1. The number of nitrogens with one attached hydrogen (secondary N) is 1. The monoisotopic (exact) mass is 173 g/mol. The highest BCUT2D eigenvalue weighted by Gasteiger charge is 2.02.